The molecule has 82 valence electrons. The molecule has 5 heteroatoms. The molecule has 0 aromatic heterocycles. The molecule has 15 heavy (non-hydrogen) atoms. The van der Waals surface area contributed by atoms with E-state index in [1.54, 1.807) is 19.1 Å². The molecule has 3 nitrogen and oxygen atoms in total. The van der Waals surface area contributed by atoms with Crippen LogP contribution < -0.4 is 0 Å². The summed E-state index contributed by atoms with van der Waals surface area (Å²) in [6, 6.07) is 4.85. The van der Waals surface area contributed by atoms with Crippen LogP contribution in [-0.2, 0) is 9.53 Å². The summed E-state index contributed by atoms with van der Waals surface area (Å²) in [6.45, 7) is 1.91. The molecule has 0 heterocycles. The number of carbonyl (C=O) groups excluding carboxylic acids is 1. The van der Waals surface area contributed by atoms with Crippen LogP contribution in [0.5, 0.6) is 0 Å². The standard InChI is InChI=1S/C10H10BrClO3/c1-2-15-10(14)9(13)7-5-6(12)3-4-8(7)11/h3-5,9,13H,2H2,1H3. The molecule has 1 aromatic rings. The molecular weight excluding hydrogens is 283 g/mol. The molecule has 0 saturated heterocycles. The molecule has 1 rings (SSSR count). The van der Waals surface area contributed by atoms with Crippen molar-refractivity contribution in [2.24, 2.45) is 0 Å². The van der Waals surface area contributed by atoms with Gasteiger partial charge < -0.3 is 9.84 Å². The molecule has 0 amide bonds. The maximum atomic E-state index is 11.3. The highest BCUT2D eigenvalue weighted by atomic mass is 79.9. The number of carbonyl (C=O) groups is 1. The molecule has 0 saturated carbocycles. The van der Waals surface area contributed by atoms with Crippen molar-refractivity contribution in [3.63, 3.8) is 0 Å². The second kappa shape index (κ2) is 5.49. The van der Waals surface area contributed by atoms with Crippen molar-refractivity contribution in [1.82, 2.24) is 0 Å². The van der Waals surface area contributed by atoms with Crippen molar-refractivity contribution in [1.29, 1.82) is 0 Å². The maximum Gasteiger partial charge on any atom is 0.339 e. The molecule has 0 radical (unpaired) electrons. The fraction of sp³-hybridized carbons (Fsp3) is 0.300. The van der Waals surface area contributed by atoms with Gasteiger partial charge in [0.2, 0.25) is 0 Å². The van der Waals surface area contributed by atoms with Gasteiger partial charge in [-0.15, -0.1) is 0 Å². The Morgan fingerprint density at radius 2 is 2.33 bits per heavy atom. The Morgan fingerprint density at radius 3 is 2.93 bits per heavy atom. The van der Waals surface area contributed by atoms with E-state index in [0.29, 0.717) is 15.1 Å². The van der Waals surface area contributed by atoms with E-state index in [0.717, 1.165) is 0 Å². The molecular formula is C10H10BrClO3. The van der Waals surface area contributed by atoms with Gasteiger partial charge in [0.25, 0.3) is 0 Å². The number of aliphatic hydroxyl groups is 1. The zero-order valence-corrected chi connectivity index (χ0v) is 10.4. The van der Waals surface area contributed by atoms with Crippen LogP contribution in [-0.4, -0.2) is 17.7 Å². The smallest absolute Gasteiger partial charge is 0.339 e. The first kappa shape index (κ1) is 12.5. The average molecular weight is 294 g/mol. The molecule has 0 aliphatic heterocycles. The lowest BCUT2D eigenvalue weighted by atomic mass is 10.1. The number of esters is 1. The van der Waals surface area contributed by atoms with E-state index in [2.05, 4.69) is 15.9 Å². The van der Waals surface area contributed by atoms with Gasteiger partial charge in [-0.2, -0.15) is 0 Å². The van der Waals surface area contributed by atoms with Crippen LogP contribution in [0, 0.1) is 0 Å². The van der Waals surface area contributed by atoms with E-state index in [1.807, 2.05) is 0 Å². The van der Waals surface area contributed by atoms with Crippen molar-refractivity contribution in [3.05, 3.63) is 33.3 Å². The number of aliphatic hydroxyl groups excluding tert-OH is 1. The van der Waals surface area contributed by atoms with E-state index in [-0.39, 0.29) is 6.61 Å². The second-order valence-electron chi connectivity index (χ2n) is 2.82. The number of halogens is 2. The van der Waals surface area contributed by atoms with Crippen LogP contribution in [0.3, 0.4) is 0 Å². The van der Waals surface area contributed by atoms with E-state index in [4.69, 9.17) is 16.3 Å². The fourth-order valence-electron chi connectivity index (χ4n) is 1.07. The quantitative estimate of drug-likeness (QED) is 0.872. The first-order chi connectivity index (χ1) is 7.06. The minimum Gasteiger partial charge on any atom is -0.464 e. The Balaban J connectivity index is 2.94. The van der Waals surface area contributed by atoms with Crippen molar-refractivity contribution in [3.8, 4) is 0 Å². The first-order valence-corrected chi connectivity index (χ1v) is 5.53. The first-order valence-electron chi connectivity index (χ1n) is 4.36. The van der Waals surface area contributed by atoms with E-state index < -0.39 is 12.1 Å². The summed E-state index contributed by atoms with van der Waals surface area (Å²) in [6.07, 6.45) is -1.31. The molecule has 1 unspecified atom stereocenters. The van der Waals surface area contributed by atoms with Gasteiger partial charge in [0.1, 0.15) is 0 Å². The Morgan fingerprint density at radius 1 is 1.67 bits per heavy atom. The maximum absolute atomic E-state index is 11.3. The number of benzene rings is 1. The number of hydrogen-bond donors (Lipinski definition) is 1. The van der Waals surface area contributed by atoms with Gasteiger partial charge in [0.15, 0.2) is 6.10 Å². The van der Waals surface area contributed by atoms with E-state index in [9.17, 15) is 9.90 Å². The van der Waals surface area contributed by atoms with Gasteiger partial charge in [-0.25, -0.2) is 4.79 Å². The van der Waals surface area contributed by atoms with E-state index in [1.165, 1.54) is 6.07 Å². The summed E-state index contributed by atoms with van der Waals surface area (Å²) < 4.78 is 5.32. The molecule has 0 aliphatic rings. The Labute approximate surface area is 101 Å². The lowest BCUT2D eigenvalue weighted by Gasteiger charge is -2.11. The minimum atomic E-state index is -1.31. The average Bonchev–Trinajstić information content (AvgIpc) is 2.21. The van der Waals surface area contributed by atoms with Gasteiger partial charge in [-0.1, -0.05) is 27.5 Å². The van der Waals surface area contributed by atoms with Gasteiger partial charge >= 0.3 is 5.97 Å². The van der Waals surface area contributed by atoms with Crippen LogP contribution in [0.15, 0.2) is 22.7 Å². The summed E-state index contributed by atoms with van der Waals surface area (Å²) in [5.41, 5.74) is 0.404. The van der Waals surface area contributed by atoms with Crippen LogP contribution in [0.2, 0.25) is 5.02 Å². The monoisotopic (exact) mass is 292 g/mol. The van der Waals surface area contributed by atoms with Crippen LogP contribution >= 0.6 is 27.5 Å². The highest BCUT2D eigenvalue weighted by Crippen LogP contribution is 2.27. The Kier molecular flexibility index (Phi) is 4.57. The zero-order chi connectivity index (χ0) is 11.4. The van der Waals surface area contributed by atoms with Gasteiger partial charge in [-0.3, -0.25) is 0 Å². The summed E-state index contributed by atoms with van der Waals surface area (Å²) in [5, 5.41) is 10.1. The largest absolute Gasteiger partial charge is 0.464 e. The van der Waals surface area contributed by atoms with Crippen molar-refractivity contribution in [2.75, 3.05) is 6.61 Å². The summed E-state index contributed by atoms with van der Waals surface area (Å²) >= 11 is 8.98. The highest BCUT2D eigenvalue weighted by molar-refractivity contribution is 9.10. The molecule has 0 bridgehead atoms. The summed E-state index contributed by atoms with van der Waals surface area (Å²) in [7, 11) is 0. The van der Waals surface area contributed by atoms with Crippen molar-refractivity contribution < 1.29 is 14.6 Å². The predicted molar refractivity (Wildman–Crippen MR) is 60.7 cm³/mol. The zero-order valence-electron chi connectivity index (χ0n) is 8.04. The van der Waals surface area contributed by atoms with Crippen molar-refractivity contribution in [2.45, 2.75) is 13.0 Å². The van der Waals surface area contributed by atoms with Crippen molar-refractivity contribution >= 4 is 33.5 Å². The Hall–Kier alpha value is -0.580. The highest BCUT2D eigenvalue weighted by Gasteiger charge is 2.21. The lowest BCUT2D eigenvalue weighted by molar-refractivity contribution is -0.153. The molecule has 1 aromatic carbocycles. The number of rotatable bonds is 3. The van der Waals surface area contributed by atoms with Crippen LogP contribution in [0.1, 0.15) is 18.6 Å². The second-order valence-corrected chi connectivity index (χ2v) is 4.11. The number of ether oxygens (including phenoxy) is 1. The minimum absolute atomic E-state index is 0.230. The molecule has 1 atom stereocenters. The topological polar surface area (TPSA) is 46.5 Å². The van der Waals surface area contributed by atoms with Crippen LogP contribution in [0.4, 0.5) is 0 Å². The summed E-state index contributed by atoms with van der Waals surface area (Å²) in [5.74, 6) is -0.680. The van der Waals surface area contributed by atoms with Gasteiger partial charge in [0, 0.05) is 15.1 Å². The molecule has 0 spiro atoms. The third kappa shape index (κ3) is 3.19. The normalized spacial score (nSPS) is 12.3. The van der Waals surface area contributed by atoms with Crippen LogP contribution in [0.25, 0.3) is 0 Å². The molecule has 0 aliphatic carbocycles. The SMILES string of the molecule is CCOC(=O)C(O)c1cc(Cl)ccc1Br. The summed E-state index contributed by atoms with van der Waals surface area (Å²) in [4.78, 5) is 11.3. The lowest BCUT2D eigenvalue weighted by Crippen LogP contribution is -2.15. The van der Waals surface area contributed by atoms with Gasteiger partial charge in [-0.05, 0) is 25.1 Å². The molecule has 1 N–H and O–H groups in total. The third-order valence-electron chi connectivity index (χ3n) is 1.76. The third-order valence-corrected chi connectivity index (χ3v) is 2.72. The molecule has 0 fully saturated rings. The number of hydrogen-bond acceptors (Lipinski definition) is 3. The fourth-order valence-corrected chi connectivity index (χ4v) is 1.72. The predicted octanol–water partition coefficient (Wildman–Crippen LogP) is 2.70. The van der Waals surface area contributed by atoms with Gasteiger partial charge in [0.05, 0.1) is 6.61 Å². The Bertz CT molecular complexity index is 368. The van der Waals surface area contributed by atoms with E-state index >= 15 is 0 Å².